The molecule has 1 aliphatic heterocycles. The van der Waals surface area contributed by atoms with Crippen molar-refractivity contribution in [2.75, 3.05) is 18.4 Å². The maximum absolute atomic E-state index is 13.5. The number of aromatic nitrogens is 4. The maximum atomic E-state index is 13.5. The lowest BCUT2D eigenvalue weighted by molar-refractivity contribution is -0.127. The third kappa shape index (κ3) is 7.30. The predicted octanol–water partition coefficient (Wildman–Crippen LogP) is 5.79. The summed E-state index contributed by atoms with van der Waals surface area (Å²) < 4.78 is 2.00. The molecule has 1 saturated heterocycles. The Labute approximate surface area is 267 Å². The molecule has 11 heteroatoms. The Hall–Kier alpha value is -4.40. The number of amides is 2. The summed E-state index contributed by atoms with van der Waals surface area (Å²) in [7, 11) is 0. The zero-order valence-electron chi connectivity index (χ0n) is 25.9. The van der Waals surface area contributed by atoms with Crippen molar-refractivity contribution in [3.05, 3.63) is 70.8 Å². The van der Waals surface area contributed by atoms with E-state index in [9.17, 15) is 14.9 Å². The summed E-state index contributed by atoms with van der Waals surface area (Å²) in [6.45, 7) is 8.73. The number of benzene rings is 1. The Kier molecular flexibility index (Phi) is 8.79. The second-order valence-electron chi connectivity index (χ2n) is 13.0. The molecule has 2 N–H and O–H groups in total. The Balaban J connectivity index is 1.28. The summed E-state index contributed by atoms with van der Waals surface area (Å²) in [6.07, 6.45) is 7.60. The lowest BCUT2D eigenvalue weighted by Gasteiger charge is -2.26. The van der Waals surface area contributed by atoms with Gasteiger partial charge in [0.1, 0.15) is 17.3 Å². The van der Waals surface area contributed by atoms with Crippen LogP contribution in [-0.4, -0.2) is 55.6 Å². The zero-order chi connectivity index (χ0) is 31.6. The fraction of sp³-hybridized carbons (Fsp3) is 0.412. The number of fused-ring (bicyclic) bond motifs is 1. The van der Waals surface area contributed by atoms with Gasteiger partial charge in [0.15, 0.2) is 0 Å². The van der Waals surface area contributed by atoms with Crippen LogP contribution in [-0.2, 0) is 17.9 Å². The fourth-order valence-corrected chi connectivity index (χ4v) is 6.60. The van der Waals surface area contributed by atoms with E-state index in [0.29, 0.717) is 29.6 Å². The standard InChI is InChI=1S/C34H38N8O2S/c1-34(2,3)17-24(18-35)32(44)41-15-5-6-25(41)21-42-28-11-10-23(20-36-19-22-8-9-22)16-27(28)38-33(42)39-31(43)30-13-12-29(45-30)26-7-4-14-37-40-26/h4,7,10-14,16-17,22,25,36H,5-6,8-9,15,19-21H2,1-3H3,(H,38,39,43)/t25-/m1/s1. The average molecular weight is 623 g/mol. The van der Waals surface area contributed by atoms with Crippen LogP contribution >= 0.6 is 11.3 Å². The largest absolute Gasteiger partial charge is 0.333 e. The third-order valence-corrected chi connectivity index (χ3v) is 9.22. The number of nitrogens with zero attached hydrogens (tertiary/aromatic N) is 6. The van der Waals surface area contributed by atoms with Crippen LogP contribution in [0, 0.1) is 22.7 Å². The number of rotatable bonds is 10. The molecule has 1 aromatic carbocycles. The Bertz CT molecular complexity index is 1770. The molecule has 2 aliphatic rings. The highest BCUT2D eigenvalue weighted by Crippen LogP contribution is 2.31. The van der Waals surface area contributed by atoms with Crippen molar-refractivity contribution in [3.8, 4) is 16.6 Å². The van der Waals surface area contributed by atoms with Crippen LogP contribution in [0.15, 0.2) is 60.3 Å². The van der Waals surface area contributed by atoms with Crippen molar-refractivity contribution in [2.45, 2.75) is 65.6 Å². The number of hydrogen-bond acceptors (Lipinski definition) is 8. The van der Waals surface area contributed by atoms with Gasteiger partial charge in [-0.25, -0.2) is 4.98 Å². The van der Waals surface area contributed by atoms with E-state index in [1.807, 2.05) is 49.6 Å². The van der Waals surface area contributed by atoms with Crippen LogP contribution in [0.4, 0.5) is 5.95 Å². The highest BCUT2D eigenvalue weighted by molar-refractivity contribution is 7.17. The number of thiophene rings is 1. The molecule has 0 radical (unpaired) electrons. The van der Waals surface area contributed by atoms with Gasteiger partial charge in [-0.15, -0.1) is 16.4 Å². The summed E-state index contributed by atoms with van der Waals surface area (Å²) in [5.41, 5.74) is 3.37. The van der Waals surface area contributed by atoms with Gasteiger partial charge in [0, 0.05) is 25.8 Å². The number of imidazole rings is 1. The lowest BCUT2D eigenvalue weighted by atomic mass is 9.93. The lowest BCUT2D eigenvalue weighted by Crippen LogP contribution is -2.39. The van der Waals surface area contributed by atoms with E-state index in [1.165, 1.54) is 24.2 Å². The number of nitrogens with one attached hydrogen (secondary N) is 2. The summed E-state index contributed by atoms with van der Waals surface area (Å²) in [4.78, 5) is 35.1. The van der Waals surface area contributed by atoms with E-state index in [-0.39, 0.29) is 28.8 Å². The van der Waals surface area contributed by atoms with Gasteiger partial charge in [-0.1, -0.05) is 32.9 Å². The van der Waals surface area contributed by atoms with Crippen molar-refractivity contribution in [2.24, 2.45) is 11.3 Å². The molecule has 10 nitrogen and oxygen atoms in total. The van der Waals surface area contributed by atoms with E-state index >= 15 is 0 Å². The van der Waals surface area contributed by atoms with Gasteiger partial charge >= 0.3 is 0 Å². The van der Waals surface area contributed by atoms with Crippen molar-refractivity contribution in [1.29, 1.82) is 5.26 Å². The van der Waals surface area contributed by atoms with Gasteiger partial charge in [0.05, 0.1) is 26.8 Å². The van der Waals surface area contributed by atoms with Crippen molar-refractivity contribution >= 4 is 40.1 Å². The van der Waals surface area contributed by atoms with Gasteiger partial charge in [-0.2, -0.15) is 10.4 Å². The van der Waals surface area contributed by atoms with Crippen LogP contribution in [0.5, 0.6) is 0 Å². The maximum Gasteiger partial charge on any atom is 0.268 e. The first kappa shape index (κ1) is 30.6. The van der Waals surface area contributed by atoms with E-state index in [1.54, 1.807) is 23.2 Å². The predicted molar refractivity (Wildman–Crippen MR) is 175 cm³/mol. The number of likely N-dealkylation sites (tertiary alicyclic amines) is 1. The van der Waals surface area contributed by atoms with Crippen molar-refractivity contribution in [1.82, 2.24) is 30.0 Å². The Morgan fingerprint density at radius 3 is 2.73 bits per heavy atom. The molecule has 6 rings (SSSR count). The number of anilines is 1. The molecular weight excluding hydrogens is 584 g/mol. The topological polar surface area (TPSA) is 129 Å². The van der Waals surface area contributed by atoms with E-state index in [2.05, 4.69) is 39.0 Å². The minimum absolute atomic E-state index is 0.146. The molecule has 2 fully saturated rings. The SMILES string of the molecule is CC(C)(C)C=C(C#N)C(=O)N1CCC[C@@H]1Cn1c(NC(=O)c2ccc(-c3cccnn3)s2)nc2cc(CNCC3CC3)ccc21. The minimum Gasteiger partial charge on any atom is -0.333 e. The number of carbonyl (C=O) groups is 2. The molecule has 1 aliphatic carbocycles. The van der Waals surface area contributed by atoms with Gasteiger partial charge in [0.25, 0.3) is 11.8 Å². The highest BCUT2D eigenvalue weighted by Gasteiger charge is 2.33. The van der Waals surface area contributed by atoms with Crippen LogP contribution in [0.2, 0.25) is 0 Å². The average Bonchev–Trinajstić information content (AvgIpc) is 3.38. The van der Waals surface area contributed by atoms with Gasteiger partial charge < -0.3 is 14.8 Å². The second kappa shape index (κ2) is 12.9. The van der Waals surface area contributed by atoms with Crippen molar-refractivity contribution in [3.63, 3.8) is 0 Å². The van der Waals surface area contributed by atoms with Crippen molar-refractivity contribution < 1.29 is 9.59 Å². The Morgan fingerprint density at radius 2 is 2.00 bits per heavy atom. The van der Waals surface area contributed by atoms with Crippen LogP contribution in [0.3, 0.4) is 0 Å². The Morgan fingerprint density at radius 1 is 1.16 bits per heavy atom. The number of nitriles is 1. The first-order valence-corrected chi connectivity index (χ1v) is 16.3. The summed E-state index contributed by atoms with van der Waals surface area (Å²) in [6, 6.07) is 15.5. The van der Waals surface area contributed by atoms with E-state index < -0.39 is 0 Å². The quantitative estimate of drug-likeness (QED) is 0.169. The molecule has 45 heavy (non-hydrogen) atoms. The highest BCUT2D eigenvalue weighted by atomic mass is 32.1. The van der Waals surface area contributed by atoms with Crippen LogP contribution < -0.4 is 10.6 Å². The number of carbonyl (C=O) groups excluding carboxylic acids is 2. The van der Waals surface area contributed by atoms with Crippen LogP contribution in [0.25, 0.3) is 21.6 Å². The normalized spacial score (nSPS) is 17.1. The summed E-state index contributed by atoms with van der Waals surface area (Å²) in [5, 5.41) is 24.5. The molecule has 232 valence electrons. The molecule has 4 aromatic rings. The molecule has 3 aromatic heterocycles. The summed E-state index contributed by atoms with van der Waals surface area (Å²) >= 11 is 1.34. The van der Waals surface area contributed by atoms with E-state index in [4.69, 9.17) is 4.98 Å². The molecule has 4 heterocycles. The van der Waals surface area contributed by atoms with Gasteiger partial charge in [-0.3, -0.25) is 14.9 Å². The zero-order valence-corrected chi connectivity index (χ0v) is 26.7. The monoisotopic (exact) mass is 622 g/mol. The number of hydrogen-bond donors (Lipinski definition) is 2. The molecule has 2 amide bonds. The molecule has 0 unspecified atom stereocenters. The minimum atomic E-state index is -0.298. The van der Waals surface area contributed by atoms with Gasteiger partial charge in [-0.05, 0) is 85.5 Å². The number of allylic oxidation sites excluding steroid dienone is 1. The fourth-order valence-electron chi connectivity index (χ4n) is 5.74. The van der Waals surface area contributed by atoms with E-state index in [0.717, 1.165) is 53.3 Å². The molecular formula is C34H38N8O2S. The van der Waals surface area contributed by atoms with Crippen LogP contribution in [0.1, 0.15) is 61.7 Å². The second-order valence-corrected chi connectivity index (χ2v) is 14.1. The molecule has 0 spiro atoms. The molecule has 1 saturated carbocycles. The smallest absolute Gasteiger partial charge is 0.268 e. The molecule has 0 bridgehead atoms. The first-order chi connectivity index (χ1) is 21.7. The molecule has 1 atom stereocenters. The first-order valence-electron chi connectivity index (χ1n) is 15.5. The summed E-state index contributed by atoms with van der Waals surface area (Å²) in [5.74, 6) is 0.706. The third-order valence-electron chi connectivity index (χ3n) is 8.11. The van der Waals surface area contributed by atoms with Gasteiger partial charge in [0.2, 0.25) is 5.95 Å².